The monoisotopic (exact) mass is 242 g/mol. The number of hydrogen-bond acceptors (Lipinski definition) is 3. The van der Waals surface area contributed by atoms with E-state index in [1.807, 2.05) is 30.6 Å². The van der Waals surface area contributed by atoms with Gasteiger partial charge in [-0.2, -0.15) is 0 Å². The summed E-state index contributed by atoms with van der Waals surface area (Å²) < 4.78 is 2.14. The van der Waals surface area contributed by atoms with Crippen LogP contribution in [-0.2, 0) is 0 Å². The van der Waals surface area contributed by atoms with Crippen molar-refractivity contribution < 1.29 is 0 Å². The molecule has 0 radical (unpaired) electrons. The predicted molar refractivity (Wildman–Crippen MR) is 72.9 cm³/mol. The van der Waals surface area contributed by atoms with Crippen molar-refractivity contribution in [3.05, 3.63) is 42.7 Å². The van der Waals surface area contributed by atoms with Gasteiger partial charge in [0, 0.05) is 31.2 Å². The van der Waals surface area contributed by atoms with Crippen molar-refractivity contribution in [2.45, 2.75) is 6.42 Å². The molecule has 3 rings (SSSR count). The van der Waals surface area contributed by atoms with Crippen molar-refractivity contribution >= 4 is 5.95 Å². The molecular weight excluding hydrogens is 224 g/mol. The molecule has 0 amide bonds. The molecule has 4 nitrogen and oxygen atoms in total. The van der Waals surface area contributed by atoms with E-state index in [1.54, 1.807) is 0 Å². The summed E-state index contributed by atoms with van der Waals surface area (Å²) in [5.41, 5.74) is 6.90. The van der Waals surface area contributed by atoms with Crippen LogP contribution in [0.2, 0.25) is 0 Å². The molecule has 2 aromatic rings. The van der Waals surface area contributed by atoms with Gasteiger partial charge in [-0.25, -0.2) is 4.98 Å². The largest absolute Gasteiger partial charge is 0.342 e. The molecule has 0 spiro atoms. The number of anilines is 1. The number of para-hydroxylation sites is 1. The van der Waals surface area contributed by atoms with E-state index in [0.717, 1.165) is 37.7 Å². The Balaban J connectivity index is 1.89. The molecule has 2 N–H and O–H groups in total. The first-order chi connectivity index (χ1) is 8.88. The lowest BCUT2D eigenvalue weighted by molar-refractivity contribution is 0.601. The van der Waals surface area contributed by atoms with Gasteiger partial charge in [0.05, 0.1) is 0 Å². The first kappa shape index (κ1) is 11.3. The minimum Gasteiger partial charge on any atom is -0.342 e. The average molecular weight is 242 g/mol. The van der Waals surface area contributed by atoms with Crippen molar-refractivity contribution in [3.63, 3.8) is 0 Å². The number of imidazole rings is 1. The Labute approximate surface area is 107 Å². The predicted octanol–water partition coefficient (Wildman–Crippen LogP) is 1.66. The molecule has 0 aliphatic carbocycles. The van der Waals surface area contributed by atoms with Gasteiger partial charge < -0.3 is 10.6 Å². The summed E-state index contributed by atoms with van der Waals surface area (Å²) in [6.45, 7) is 2.83. The van der Waals surface area contributed by atoms with E-state index in [9.17, 15) is 0 Å². The molecule has 0 saturated carbocycles. The molecule has 1 saturated heterocycles. The Morgan fingerprint density at radius 3 is 2.83 bits per heavy atom. The van der Waals surface area contributed by atoms with E-state index in [0.29, 0.717) is 5.92 Å². The minimum atomic E-state index is 0.603. The fourth-order valence-electron chi connectivity index (χ4n) is 2.53. The third kappa shape index (κ3) is 1.99. The van der Waals surface area contributed by atoms with Gasteiger partial charge in [-0.15, -0.1) is 0 Å². The summed E-state index contributed by atoms with van der Waals surface area (Å²) in [7, 11) is 0. The lowest BCUT2D eigenvalue weighted by Crippen LogP contribution is -2.25. The van der Waals surface area contributed by atoms with Gasteiger partial charge in [0.25, 0.3) is 0 Å². The molecule has 1 aliphatic rings. The fourth-order valence-corrected chi connectivity index (χ4v) is 2.53. The first-order valence-electron chi connectivity index (χ1n) is 6.42. The molecule has 4 heteroatoms. The van der Waals surface area contributed by atoms with Crippen molar-refractivity contribution in [2.75, 3.05) is 24.5 Å². The van der Waals surface area contributed by atoms with E-state index in [2.05, 4.69) is 26.6 Å². The van der Waals surface area contributed by atoms with E-state index in [-0.39, 0.29) is 0 Å². The minimum absolute atomic E-state index is 0.603. The molecule has 0 bridgehead atoms. The Morgan fingerprint density at radius 1 is 1.28 bits per heavy atom. The van der Waals surface area contributed by atoms with Crippen LogP contribution < -0.4 is 10.6 Å². The number of aromatic nitrogens is 2. The molecule has 1 aliphatic heterocycles. The van der Waals surface area contributed by atoms with E-state index >= 15 is 0 Å². The zero-order valence-electron chi connectivity index (χ0n) is 10.4. The SMILES string of the molecule is NCC1CCN(c2nccn2-c2ccccc2)C1. The number of nitrogens with two attached hydrogens (primary N) is 1. The zero-order chi connectivity index (χ0) is 12.4. The second kappa shape index (κ2) is 4.82. The fraction of sp³-hybridized carbons (Fsp3) is 0.357. The third-order valence-corrected chi connectivity index (χ3v) is 3.56. The Hall–Kier alpha value is -1.81. The van der Waals surface area contributed by atoms with Crippen LogP contribution in [0.5, 0.6) is 0 Å². The number of hydrogen-bond donors (Lipinski definition) is 1. The van der Waals surface area contributed by atoms with Gasteiger partial charge in [0.15, 0.2) is 0 Å². The van der Waals surface area contributed by atoms with Crippen LogP contribution >= 0.6 is 0 Å². The maximum atomic E-state index is 5.74. The number of rotatable bonds is 3. The summed E-state index contributed by atoms with van der Waals surface area (Å²) >= 11 is 0. The smallest absolute Gasteiger partial charge is 0.210 e. The maximum absolute atomic E-state index is 5.74. The second-order valence-corrected chi connectivity index (χ2v) is 4.77. The molecule has 1 atom stereocenters. The van der Waals surface area contributed by atoms with Gasteiger partial charge in [-0.1, -0.05) is 18.2 Å². The average Bonchev–Trinajstić information content (AvgIpc) is 3.08. The summed E-state index contributed by atoms with van der Waals surface area (Å²) in [5.74, 6) is 1.63. The van der Waals surface area contributed by atoms with E-state index in [1.165, 1.54) is 0 Å². The highest BCUT2D eigenvalue weighted by Gasteiger charge is 2.24. The normalized spacial score (nSPS) is 19.4. The Kier molecular flexibility index (Phi) is 3.02. The Bertz CT molecular complexity index is 506. The lowest BCUT2D eigenvalue weighted by Gasteiger charge is -2.19. The van der Waals surface area contributed by atoms with Crippen LogP contribution in [0.4, 0.5) is 5.95 Å². The van der Waals surface area contributed by atoms with Crippen LogP contribution in [0.3, 0.4) is 0 Å². The van der Waals surface area contributed by atoms with Crippen LogP contribution in [0.15, 0.2) is 42.7 Å². The van der Waals surface area contributed by atoms with Crippen LogP contribution in [-0.4, -0.2) is 29.2 Å². The zero-order valence-corrected chi connectivity index (χ0v) is 10.4. The second-order valence-electron chi connectivity index (χ2n) is 4.77. The standard InChI is InChI=1S/C14H18N4/c15-10-12-6-8-17(11-12)14-16-7-9-18(14)13-4-2-1-3-5-13/h1-5,7,9,12H,6,8,10-11,15H2. The van der Waals surface area contributed by atoms with Crippen molar-refractivity contribution in [3.8, 4) is 5.69 Å². The van der Waals surface area contributed by atoms with Crippen LogP contribution in [0.1, 0.15) is 6.42 Å². The van der Waals surface area contributed by atoms with Crippen LogP contribution in [0, 0.1) is 5.92 Å². The van der Waals surface area contributed by atoms with Crippen LogP contribution in [0.25, 0.3) is 5.69 Å². The van der Waals surface area contributed by atoms with Crippen molar-refractivity contribution in [2.24, 2.45) is 11.7 Å². The number of nitrogens with zero attached hydrogens (tertiary/aromatic N) is 3. The summed E-state index contributed by atoms with van der Waals surface area (Å²) in [6, 6.07) is 10.3. The molecule has 1 unspecified atom stereocenters. The Morgan fingerprint density at radius 2 is 2.11 bits per heavy atom. The van der Waals surface area contributed by atoms with Crippen molar-refractivity contribution in [1.29, 1.82) is 0 Å². The molecule has 1 aromatic carbocycles. The lowest BCUT2D eigenvalue weighted by atomic mass is 10.1. The summed E-state index contributed by atoms with van der Waals surface area (Å²) in [5, 5.41) is 0. The molecule has 18 heavy (non-hydrogen) atoms. The summed E-state index contributed by atoms with van der Waals surface area (Å²) in [4.78, 5) is 6.82. The quantitative estimate of drug-likeness (QED) is 0.890. The highest BCUT2D eigenvalue weighted by Crippen LogP contribution is 2.24. The molecule has 94 valence electrons. The summed E-state index contributed by atoms with van der Waals surface area (Å²) in [6.07, 6.45) is 5.04. The van der Waals surface area contributed by atoms with Crippen molar-refractivity contribution in [1.82, 2.24) is 9.55 Å². The van der Waals surface area contributed by atoms with Gasteiger partial charge in [0.2, 0.25) is 5.95 Å². The van der Waals surface area contributed by atoms with Gasteiger partial charge >= 0.3 is 0 Å². The highest BCUT2D eigenvalue weighted by atomic mass is 15.3. The molecule has 1 aromatic heterocycles. The molecular formula is C14H18N4. The van der Waals surface area contributed by atoms with Gasteiger partial charge in [0.1, 0.15) is 0 Å². The van der Waals surface area contributed by atoms with E-state index < -0.39 is 0 Å². The topological polar surface area (TPSA) is 47.1 Å². The highest BCUT2D eigenvalue weighted by molar-refractivity contribution is 5.44. The van der Waals surface area contributed by atoms with Gasteiger partial charge in [-0.3, -0.25) is 4.57 Å². The molecule has 2 heterocycles. The van der Waals surface area contributed by atoms with E-state index in [4.69, 9.17) is 5.73 Å². The molecule has 1 fully saturated rings. The first-order valence-corrected chi connectivity index (χ1v) is 6.42. The van der Waals surface area contributed by atoms with Gasteiger partial charge in [-0.05, 0) is 31.0 Å². The third-order valence-electron chi connectivity index (χ3n) is 3.56. The number of benzene rings is 1. The maximum Gasteiger partial charge on any atom is 0.210 e.